The lowest BCUT2D eigenvalue weighted by molar-refractivity contribution is -0.186. The molecule has 5 heteroatoms. The Bertz CT molecular complexity index is 553. The van der Waals surface area contributed by atoms with E-state index in [1.807, 2.05) is 38.1 Å². The highest BCUT2D eigenvalue weighted by molar-refractivity contribution is 5.26. The number of hydrogen-bond acceptors (Lipinski definition) is 5. The number of fused-ring (bicyclic) bond motifs is 1. The van der Waals surface area contributed by atoms with Crippen LogP contribution in [0, 0.1) is 5.92 Å². The summed E-state index contributed by atoms with van der Waals surface area (Å²) in [5.41, 5.74) is 1.01. The van der Waals surface area contributed by atoms with Gasteiger partial charge < -0.3 is 24.1 Å². The Kier molecular flexibility index (Phi) is 4.47. The first-order valence-electron chi connectivity index (χ1n) is 7.86. The summed E-state index contributed by atoms with van der Waals surface area (Å²) < 4.78 is 23.0. The summed E-state index contributed by atoms with van der Waals surface area (Å²) in [7, 11) is 1.63. The standard InChI is InChI=1S/C18H24O5/c1-5-13-14(19)16(17-15(13)22-18(2,3)23-17)21-10-11-6-8-12(20-4)9-7-11/h5-9,13-17,19H,1,10H2,2-4H3/t13-,14+,15+,16+,17+/m0/s1. The molecule has 2 aliphatic rings. The summed E-state index contributed by atoms with van der Waals surface area (Å²) in [6.45, 7) is 7.95. The highest BCUT2D eigenvalue weighted by Gasteiger charge is 2.58. The molecule has 0 radical (unpaired) electrons. The Labute approximate surface area is 136 Å². The average Bonchev–Trinajstić information content (AvgIpc) is 2.95. The van der Waals surface area contributed by atoms with Crippen molar-refractivity contribution in [1.29, 1.82) is 0 Å². The Hall–Kier alpha value is -1.40. The second-order valence-corrected chi connectivity index (χ2v) is 6.49. The lowest BCUT2D eigenvalue weighted by Gasteiger charge is -2.26. The van der Waals surface area contributed by atoms with E-state index in [-0.39, 0.29) is 18.1 Å². The van der Waals surface area contributed by atoms with E-state index < -0.39 is 18.0 Å². The molecule has 2 fully saturated rings. The van der Waals surface area contributed by atoms with Crippen LogP contribution in [-0.4, -0.2) is 42.4 Å². The fourth-order valence-corrected chi connectivity index (χ4v) is 3.36. The lowest BCUT2D eigenvalue weighted by Crippen LogP contribution is -2.37. The smallest absolute Gasteiger partial charge is 0.163 e. The molecule has 1 aliphatic carbocycles. The van der Waals surface area contributed by atoms with Gasteiger partial charge in [0.15, 0.2) is 5.79 Å². The van der Waals surface area contributed by atoms with Crippen molar-refractivity contribution in [2.75, 3.05) is 7.11 Å². The maximum absolute atomic E-state index is 10.5. The SMILES string of the molecule is C=C[C@H]1[C@@H](O)[C@@H](OCc2ccc(OC)cc2)[C@@H]2OC(C)(C)O[C@H]12. The molecule has 1 aromatic carbocycles. The molecule has 0 unspecified atom stereocenters. The summed E-state index contributed by atoms with van der Waals surface area (Å²) in [4.78, 5) is 0. The number of aliphatic hydroxyl groups excluding tert-OH is 1. The maximum atomic E-state index is 10.5. The number of ether oxygens (including phenoxy) is 4. The minimum absolute atomic E-state index is 0.192. The Morgan fingerprint density at radius 1 is 1.22 bits per heavy atom. The van der Waals surface area contributed by atoms with Crippen molar-refractivity contribution < 1.29 is 24.1 Å². The molecule has 126 valence electrons. The molecule has 0 aromatic heterocycles. The predicted molar refractivity (Wildman–Crippen MR) is 85.1 cm³/mol. The van der Waals surface area contributed by atoms with Crippen LogP contribution in [0.1, 0.15) is 19.4 Å². The molecule has 3 rings (SSSR count). The highest BCUT2D eigenvalue weighted by Crippen LogP contribution is 2.43. The van der Waals surface area contributed by atoms with Gasteiger partial charge in [-0.15, -0.1) is 6.58 Å². The van der Waals surface area contributed by atoms with Crippen molar-refractivity contribution in [3.8, 4) is 5.75 Å². The van der Waals surface area contributed by atoms with Gasteiger partial charge in [-0.05, 0) is 31.5 Å². The topological polar surface area (TPSA) is 57.2 Å². The van der Waals surface area contributed by atoms with E-state index in [9.17, 15) is 5.11 Å². The number of rotatable bonds is 5. The zero-order valence-corrected chi connectivity index (χ0v) is 13.8. The first kappa shape index (κ1) is 16.5. The molecule has 0 bridgehead atoms. The summed E-state index contributed by atoms with van der Waals surface area (Å²) in [6.07, 6.45) is 0.0902. The first-order chi connectivity index (χ1) is 10.9. The van der Waals surface area contributed by atoms with E-state index in [1.54, 1.807) is 13.2 Å². The number of hydrogen-bond donors (Lipinski definition) is 1. The quantitative estimate of drug-likeness (QED) is 0.844. The van der Waals surface area contributed by atoms with E-state index in [0.717, 1.165) is 11.3 Å². The first-order valence-corrected chi connectivity index (χ1v) is 7.86. The lowest BCUT2D eigenvalue weighted by atomic mass is 10.0. The van der Waals surface area contributed by atoms with Crippen LogP contribution in [0.15, 0.2) is 36.9 Å². The van der Waals surface area contributed by atoms with Gasteiger partial charge in [0, 0.05) is 5.92 Å². The zero-order valence-electron chi connectivity index (χ0n) is 13.8. The van der Waals surface area contributed by atoms with Gasteiger partial charge in [-0.3, -0.25) is 0 Å². The van der Waals surface area contributed by atoms with Gasteiger partial charge in [0.1, 0.15) is 18.0 Å². The monoisotopic (exact) mass is 320 g/mol. The van der Waals surface area contributed by atoms with E-state index in [2.05, 4.69) is 6.58 Å². The zero-order chi connectivity index (χ0) is 16.6. The van der Waals surface area contributed by atoms with Crippen LogP contribution in [0.4, 0.5) is 0 Å². The van der Waals surface area contributed by atoms with Crippen LogP contribution in [0.5, 0.6) is 5.75 Å². The van der Waals surface area contributed by atoms with Crippen molar-refractivity contribution >= 4 is 0 Å². The van der Waals surface area contributed by atoms with E-state index in [4.69, 9.17) is 18.9 Å². The van der Waals surface area contributed by atoms with E-state index >= 15 is 0 Å². The summed E-state index contributed by atoms with van der Waals surface area (Å²) >= 11 is 0. The number of aliphatic hydroxyl groups is 1. The average molecular weight is 320 g/mol. The summed E-state index contributed by atoms with van der Waals surface area (Å²) in [5.74, 6) is -0.0586. The van der Waals surface area contributed by atoms with Gasteiger partial charge in [0.25, 0.3) is 0 Å². The molecule has 1 aliphatic heterocycles. The number of methoxy groups -OCH3 is 1. The minimum Gasteiger partial charge on any atom is -0.497 e. The fourth-order valence-electron chi connectivity index (χ4n) is 3.36. The molecule has 0 spiro atoms. The van der Waals surface area contributed by atoms with E-state index in [1.165, 1.54) is 0 Å². The predicted octanol–water partition coefficient (Wildman–Crippen LogP) is 2.28. The molecule has 1 saturated carbocycles. The molecule has 5 nitrogen and oxygen atoms in total. The molecule has 5 atom stereocenters. The van der Waals surface area contributed by atoms with Crippen LogP contribution in [0.2, 0.25) is 0 Å². The third kappa shape index (κ3) is 3.15. The van der Waals surface area contributed by atoms with Gasteiger partial charge >= 0.3 is 0 Å². The summed E-state index contributed by atoms with van der Waals surface area (Å²) in [5, 5.41) is 10.5. The Morgan fingerprint density at radius 2 is 1.87 bits per heavy atom. The molecule has 1 saturated heterocycles. The molecule has 1 N–H and O–H groups in total. The fraction of sp³-hybridized carbons (Fsp3) is 0.556. The van der Waals surface area contributed by atoms with Gasteiger partial charge in [0.2, 0.25) is 0 Å². The second-order valence-electron chi connectivity index (χ2n) is 6.49. The van der Waals surface area contributed by atoms with Crippen LogP contribution in [0.3, 0.4) is 0 Å². The normalized spacial score (nSPS) is 35.0. The molecule has 23 heavy (non-hydrogen) atoms. The second kappa shape index (κ2) is 6.24. The van der Waals surface area contributed by atoms with Crippen molar-refractivity contribution in [2.24, 2.45) is 5.92 Å². The van der Waals surface area contributed by atoms with Crippen LogP contribution >= 0.6 is 0 Å². The molecule has 0 amide bonds. The third-order valence-electron chi connectivity index (χ3n) is 4.47. The molecule has 1 aromatic rings. The van der Waals surface area contributed by atoms with Crippen molar-refractivity contribution in [2.45, 2.75) is 50.7 Å². The van der Waals surface area contributed by atoms with E-state index in [0.29, 0.717) is 6.61 Å². The van der Waals surface area contributed by atoms with Gasteiger partial charge in [-0.2, -0.15) is 0 Å². The van der Waals surface area contributed by atoms with Crippen molar-refractivity contribution in [3.63, 3.8) is 0 Å². The van der Waals surface area contributed by atoms with Crippen molar-refractivity contribution in [3.05, 3.63) is 42.5 Å². The van der Waals surface area contributed by atoms with Crippen LogP contribution < -0.4 is 4.74 Å². The number of benzene rings is 1. The third-order valence-corrected chi connectivity index (χ3v) is 4.47. The summed E-state index contributed by atoms with van der Waals surface area (Å²) in [6, 6.07) is 7.66. The van der Waals surface area contributed by atoms with Gasteiger partial charge in [-0.25, -0.2) is 0 Å². The van der Waals surface area contributed by atoms with Crippen molar-refractivity contribution in [1.82, 2.24) is 0 Å². The Balaban J connectivity index is 1.69. The van der Waals surface area contributed by atoms with Gasteiger partial charge in [0.05, 0.1) is 25.9 Å². The minimum atomic E-state index is -0.683. The maximum Gasteiger partial charge on any atom is 0.163 e. The van der Waals surface area contributed by atoms with Gasteiger partial charge in [-0.1, -0.05) is 18.2 Å². The largest absolute Gasteiger partial charge is 0.497 e. The molecular formula is C18H24O5. The highest BCUT2D eigenvalue weighted by atomic mass is 16.8. The molecular weight excluding hydrogens is 296 g/mol. The Morgan fingerprint density at radius 3 is 2.48 bits per heavy atom. The molecule has 1 heterocycles. The van der Waals surface area contributed by atoms with Crippen LogP contribution in [0.25, 0.3) is 0 Å². The van der Waals surface area contributed by atoms with Crippen LogP contribution in [-0.2, 0) is 20.8 Å².